The molecule has 1 amide bonds. The lowest BCUT2D eigenvalue weighted by Crippen LogP contribution is -2.29. The molecule has 1 unspecified atom stereocenters. The molecule has 2 heterocycles. The summed E-state index contributed by atoms with van der Waals surface area (Å²) in [6.07, 6.45) is 2.93. The van der Waals surface area contributed by atoms with Gasteiger partial charge in [-0.15, -0.1) is 0 Å². The normalized spacial score (nSPS) is 17.7. The summed E-state index contributed by atoms with van der Waals surface area (Å²) in [6.45, 7) is 0. The zero-order valence-corrected chi connectivity index (χ0v) is 15.9. The maximum Gasteiger partial charge on any atom is 0.300 e. The molecule has 1 atom stereocenters. The Morgan fingerprint density at radius 1 is 1.03 bits per heavy atom. The maximum atomic E-state index is 13.0. The van der Waals surface area contributed by atoms with Crippen molar-refractivity contribution < 1.29 is 24.7 Å². The average Bonchev–Trinajstić information content (AvgIpc) is 3.05. The van der Waals surface area contributed by atoms with E-state index in [-0.39, 0.29) is 28.3 Å². The number of para-hydroxylation sites is 2. The number of anilines is 1. The predicted octanol–water partition coefficient (Wildman–Crippen LogP) is 3.32. The molecule has 1 fully saturated rings. The molecule has 3 aromatic rings. The first kappa shape index (κ1) is 19.8. The summed E-state index contributed by atoms with van der Waals surface area (Å²) in [7, 11) is 0. The van der Waals surface area contributed by atoms with Gasteiger partial charge in [0.1, 0.15) is 11.5 Å². The van der Waals surface area contributed by atoms with E-state index in [4.69, 9.17) is 0 Å². The van der Waals surface area contributed by atoms with E-state index in [0.29, 0.717) is 5.56 Å². The molecule has 1 aromatic heterocycles. The van der Waals surface area contributed by atoms with E-state index >= 15 is 0 Å². The van der Waals surface area contributed by atoms with Crippen molar-refractivity contribution in [3.63, 3.8) is 0 Å². The number of benzene rings is 2. The highest BCUT2D eigenvalue weighted by Crippen LogP contribution is 2.44. The highest BCUT2D eigenvalue weighted by atomic mass is 16.6. The third-order valence-electron chi connectivity index (χ3n) is 4.94. The van der Waals surface area contributed by atoms with E-state index in [2.05, 4.69) is 4.98 Å². The van der Waals surface area contributed by atoms with Crippen molar-refractivity contribution in [1.82, 2.24) is 4.98 Å². The molecule has 2 N–H and O–H groups in total. The first-order valence-corrected chi connectivity index (χ1v) is 9.14. The Hall–Kier alpha value is -4.53. The van der Waals surface area contributed by atoms with E-state index in [1.165, 1.54) is 42.7 Å². The van der Waals surface area contributed by atoms with Crippen LogP contribution in [-0.2, 0) is 9.59 Å². The number of nitrogens with zero attached hydrogens (tertiary/aromatic N) is 3. The molecule has 1 aliphatic heterocycles. The molecule has 1 saturated heterocycles. The van der Waals surface area contributed by atoms with Gasteiger partial charge in [-0.1, -0.05) is 24.3 Å². The number of aliphatic hydroxyl groups excluding tert-OH is 1. The van der Waals surface area contributed by atoms with E-state index in [1.54, 1.807) is 24.3 Å². The molecule has 9 nitrogen and oxygen atoms in total. The number of carbonyl (C=O) groups excluding carboxylic acids is 2. The smallest absolute Gasteiger partial charge is 0.300 e. The Morgan fingerprint density at radius 2 is 1.74 bits per heavy atom. The molecular weight excluding hydrogens is 402 g/mol. The molecule has 31 heavy (non-hydrogen) atoms. The summed E-state index contributed by atoms with van der Waals surface area (Å²) in [5, 5.41) is 32.4. The number of aromatic nitrogens is 1. The molecule has 1 aliphatic rings. The number of hydrogen-bond donors (Lipinski definition) is 2. The summed E-state index contributed by atoms with van der Waals surface area (Å²) in [4.78, 5) is 41.5. The van der Waals surface area contributed by atoms with E-state index in [9.17, 15) is 29.9 Å². The Morgan fingerprint density at radius 3 is 2.42 bits per heavy atom. The fourth-order valence-corrected chi connectivity index (χ4v) is 3.53. The van der Waals surface area contributed by atoms with Crippen LogP contribution < -0.4 is 4.90 Å². The topological polar surface area (TPSA) is 134 Å². The lowest BCUT2D eigenvalue weighted by Gasteiger charge is -2.25. The molecule has 0 radical (unpaired) electrons. The second-order valence-corrected chi connectivity index (χ2v) is 6.75. The number of nitro groups is 1. The van der Waals surface area contributed by atoms with Gasteiger partial charge in [0.2, 0.25) is 0 Å². The second-order valence-electron chi connectivity index (χ2n) is 6.75. The van der Waals surface area contributed by atoms with Crippen LogP contribution >= 0.6 is 0 Å². The van der Waals surface area contributed by atoms with Crippen molar-refractivity contribution >= 4 is 28.8 Å². The fraction of sp³-hybridized carbons (Fsp3) is 0.0455. The van der Waals surface area contributed by atoms with Crippen molar-refractivity contribution in [1.29, 1.82) is 0 Å². The number of aliphatic hydroxyl groups is 1. The number of pyridine rings is 1. The highest BCUT2D eigenvalue weighted by molar-refractivity contribution is 6.51. The van der Waals surface area contributed by atoms with Gasteiger partial charge in [-0.05, 0) is 29.8 Å². The number of hydrogen-bond acceptors (Lipinski definition) is 7. The molecule has 0 aliphatic carbocycles. The Balaban J connectivity index is 1.96. The molecule has 4 rings (SSSR count). The molecule has 9 heteroatoms. The first-order valence-electron chi connectivity index (χ1n) is 9.14. The van der Waals surface area contributed by atoms with Crippen LogP contribution in [0.25, 0.3) is 5.76 Å². The summed E-state index contributed by atoms with van der Waals surface area (Å²) in [5.74, 6) is -2.70. The lowest BCUT2D eigenvalue weighted by molar-refractivity contribution is -0.384. The largest absolute Gasteiger partial charge is 0.507 e. The Bertz CT molecular complexity index is 1240. The number of Topliss-reactive ketones (excluding diaryl/α,β-unsaturated/α-hetero) is 1. The molecule has 0 saturated carbocycles. The zero-order valence-electron chi connectivity index (χ0n) is 15.9. The van der Waals surface area contributed by atoms with Gasteiger partial charge < -0.3 is 10.2 Å². The second kappa shape index (κ2) is 7.71. The maximum absolute atomic E-state index is 13.0. The number of rotatable bonds is 4. The van der Waals surface area contributed by atoms with Gasteiger partial charge in [0.05, 0.1) is 22.2 Å². The number of aromatic hydroxyl groups is 1. The van der Waals surface area contributed by atoms with Crippen molar-refractivity contribution in [2.45, 2.75) is 6.04 Å². The van der Waals surface area contributed by atoms with Crippen molar-refractivity contribution in [2.24, 2.45) is 0 Å². The zero-order chi connectivity index (χ0) is 22.1. The van der Waals surface area contributed by atoms with Crippen LogP contribution in [0.15, 0.2) is 78.6 Å². The fourth-order valence-electron chi connectivity index (χ4n) is 3.53. The lowest BCUT2D eigenvalue weighted by atomic mass is 9.95. The Labute approximate surface area is 175 Å². The van der Waals surface area contributed by atoms with Crippen LogP contribution in [0.5, 0.6) is 5.75 Å². The molecule has 0 bridgehead atoms. The van der Waals surface area contributed by atoms with Gasteiger partial charge in [0.15, 0.2) is 0 Å². The van der Waals surface area contributed by atoms with Gasteiger partial charge >= 0.3 is 0 Å². The van der Waals surface area contributed by atoms with Gasteiger partial charge in [-0.2, -0.15) is 0 Å². The number of phenols is 1. The molecular formula is C22H15N3O6. The minimum absolute atomic E-state index is 0.0172. The number of ketones is 1. The van der Waals surface area contributed by atoms with Gasteiger partial charge in [0.25, 0.3) is 17.4 Å². The van der Waals surface area contributed by atoms with E-state index in [0.717, 1.165) is 11.0 Å². The van der Waals surface area contributed by atoms with Crippen LogP contribution in [0, 0.1) is 10.1 Å². The van der Waals surface area contributed by atoms with Gasteiger partial charge in [-0.25, -0.2) is 0 Å². The molecule has 0 spiro atoms. The predicted molar refractivity (Wildman–Crippen MR) is 110 cm³/mol. The van der Waals surface area contributed by atoms with E-state index < -0.39 is 28.4 Å². The third-order valence-corrected chi connectivity index (χ3v) is 4.94. The van der Waals surface area contributed by atoms with Crippen molar-refractivity contribution in [3.8, 4) is 5.75 Å². The number of amides is 1. The average molecular weight is 417 g/mol. The van der Waals surface area contributed by atoms with Crippen LogP contribution in [0.4, 0.5) is 11.4 Å². The standard InChI is InChI=1S/C22H15N3O6/c26-17-7-2-1-6-16(17)24-19(13-8-10-23-11-9-13)18(21(28)22(24)29)20(27)14-4-3-5-15(12-14)25(30)31/h1-12,19,26-27H/b20-18-. The summed E-state index contributed by atoms with van der Waals surface area (Å²) >= 11 is 0. The van der Waals surface area contributed by atoms with Crippen LogP contribution in [0.1, 0.15) is 17.2 Å². The van der Waals surface area contributed by atoms with Crippen molar-refractivity contribution in [2.75, 3.05) is 4.90 Å². The monoisotopic (exact) mass is 417 g/mol. The highest BCUT2D eigenvalue weighted by Gasteiger charge is 2.47. The molecule has 2 aromatic carbocycles. The van der Waals surface area contributed by atoms with Crippen molar-refractivity contribution in [3.05, 3.63) is 99.9 Å². The van der Waals surface area contributed by atoms with E-state index in [1.807, 2.05) is 0 Å². The number of nitro benzene ring substituents is 1. The third kappa shape index (κ3) is 3.38. The number of phenolic OH excluding ortho intramolecular Hbond substituents is 1. The van der Waals surface area contributed by atoms with Gasteiger partial charge in [-0.3, -0.25) is 29.6 Å². The minimum Gasteiger partial charge on any atom is -0.507 e. The van der Waals surface area contributed by atoms with Gasteiger partial charge in [0, 0.05) is 30.1 Å². The summed E-state index contributed by atoms with van der Waals surface area (Å²) < 4.78 is 0. The number of carbonyl (C=O) groups is 2. The van der Waals surface area contributed by atoms with Crippen LogP contribution in [-0.4, -0.2) is 31.8 Å². The Kier molecular flexibility index (Phi) is 4.92. The minimum atomic E-state index is -1.07. The SMILES string of the molecule is O=C1C(=O)N(c2ccccc2O)C(c2ccncc2)/C1=C(/O)c1cccc([N+](=O)[O-])c1. The summed E-state index contributed by atoms with van der Waals surface area (Å²) in [5.41, 5.74) is 0.0388. The quantitative estimate of drug-likeness (QED) is 0.219. The molecule has 154 valence electrons. The summed E-state index contributed by atoms with van der Waals surface area (Å²) in [6, 6.07) is 13.2. The van der Waals surface area contributed by atoms with Crippen LogP contribution in [0.3, 0.4) is 0 Å². The number of non-ortho nitro benzene ring substituents is 1. The first-order chi connectivity index (χ1) is 14.9. The van der Waals surface area contributed by atoms with Crippen LogP contribution in [0.2, 0.25) is 0 Å².